The van der Waals surface area contributed by atoms with Crippen LogP contribution in [0.2, 0.25) is 0 Å². The van der Waals surface area contributed by atoms with Crippen LogP contribution in [0.4, 0.5) is 0 Å². The van der Waals surface area contributed by atoms with Gasteiger partial charge >= 0.3 is 0 Å². The minimum absolute atomic E-state index is 0.0427. The predicted molar refractivity (Wildman–Crippen MR) is 85.8 cm³/mol. The van der Waals surface area contributed by atoms with E-state index in [0.29, 0.717) is 18.9 Å². The van der Waals surface area contributed by atoms with Crippen LogP contribution < -0.4 is 5.32 Å². The van der Waals surface area contributed by atoms with Gasteiger partial charge in [-0.25, -0.2) is 0 Å². The fourth-order valence-electron chi connectivity index (χ4n) is 1.98. The van der Waals surface area contributed by atoms with Crippen LogP contribution in [0.5, 0.6) is 0 Å². The van der Waals surface area contributed by atoms with Gasteiger partial charge in [-0.1, -0.05) is 37.3 Å². The molecule has 2 rings (SSSR count). The molecule has 0 aliphatic rings. The Balaban J connectivity index is 1.86. The maximum absolute atomic E-state index is 12.0. The number of amides is 1. The van der Waals surface area contributed by atoms with Crippen molar-refractivity contribution in [3.63, 3.8) is 0 Å². The van der Waals surface area contributed by atoms with Gasteiger partial charge in [0, 0.05) is 17.1 Å². The number of aromatic nitrogens is 1. The first-order valence-corrected chi connectivity index (χ1v) is 7.79. The molecular weight excluding hydrogens is 288 g/mol. The van der Waals surface area contributed by atoms with Gasteiger partial charge in [0.1, 0.15) is 0 Å². The molecule has 0 fully saturated rings. The summed E-state index contributed by atoms with van der Waals surface area (Å²) >= 11 is 6.55. The van der Waals surface area contributed by atoms with E-state index < -0.39 is 0 Å². The summed E-state index contributed by atoms with van der Waals surface area (Å²) in [6, 6.07) is 10.2. The lowest BCUT2D eigenvalue weighted by molar-refractivity contribution is -0.120. The van der Waals surface area contributed by atoms with Crippen LogP contribution in [-0.4, -0.2) is 17.4 Å². The number of rotatable bonds is 5. The Morgan fingerprint density at radius 3 is 2.70 bits per heavy atom. The van der Waals surface area contributed by atoms with Crippen molar-refractivity contribution in [3.05, 3.63) is 50.4 Å². The first-order chi connectivity index (χ1) is 9.56. The van der Waals surface area contributed by atoms with Crippen molar-refractivity contribution in [1.29, 1.82) is 0 Å². The lowest BCUT2D eigenvalue weighted by atomic mass is 10.0. The summed E-state index contributed by atoms with van der Waals surface area (Å²) < 4.78 is 0.725. The number of H-pyrrole nitrogens is 1. The molecule has 0 saturated carbocycles. The van der Waals surface area contributed by atoms with E-state index in [0.717, 1.165) is 14.5 Å². The van der Waals surface area contributed by atoms with Crippen LogP contribution in [0.3, 0.4) is 0 Å². The van der Waals surface area contributed by atoms with Crippen LogP contribution >= 0.6 is 23.6 Å². The summed E-state index contributed by atoms with van der Waals surface area (Å²) in [5.41, 5.74) is 2.23. The summed E-state index contributed by atoms with van der Waals surface area (Å²) in [6.07, 6.45) is 0.394. The van der Waals surface area contributed by atoms with Gasteiger partial charge in [-0.3, -0.25) is 4.79 Å². The average molecular weight is 306 g/mol. The van der Waals surface area contributed by atoms with Crippen molar-refractivity contribution in [2.24, 2.45) is 0 Å². The Kier molecular flexibility index (Phi) is 5.09. The standard InChI is InChI=1S/C15H18N2OS2/c1-10(12-6-4-3-5-7-12)9-16-14(18)8-13-11(2)17-15(19)20-13/h3-7,10H,8-9H2,1-2H3,(H,16,18)(H,17,19). The molecule has 1 atom stereocenters. The van der Waals surface area contributed by atoms with Gasteiger partial charge in [0.15, 0.2) is 3.95 Å². The molecule has 1 heterocycles. The number of benzene rings is 1. The van der Waals surface area contributed by atoms with Crippen molar-refractivity contribution in [2.75, 3.05) is 6.54 Å². The van der Waals surface area contributed by atoms with Gasteiger partial charge in [0.05, 0.1) is 6.42 Å². The van der Waals surface area contributed by atoms with Crippen LogP contribution in [0.25, 0.3) is 0 Å². The molecule has 20 heavy (non-hydrogen) atoms. The molecule has 2 N–H and O–H groups in total. The zero-order chi connectivity index (χ0) is 14.5. The number of thiazole rings is 1. The van der Waals surface area contributed by atoms with E-state index in [1.165, 1.54) is 16.9 Å². The number of aryl methyl sites for hydroxylation is 1. The smallest absolute Gasteiger partial charge is 0.225 e. The molecule has 1 amide bonds. The fraction of sp³-hybridized carbons (Fsp3) is 0.333. The average Bonchev–Trinajstić information content (AvgIpc) is 2.75. The lowest BCUT2D eigenvalue weighted by Crippen LogP contribution is -2.28. The second-order valence-corrected chi connectivity index (χ2v) is 6.63. The number of aromatic amines is 1. The Labute approximate surface area is 128 Å². The van der Waals surface area contributed by atoms with Crippen molar-refractivity contribution >= 4 is 29.5 Å². The zero-order valence-electron chi connectivity index (χ0n) is 11.6. The Morgan fingerprint density at radius 2 is 2.10 bits per heavy atom. The molecule has 5 heteroatoms. The second kappa shape index (κ2) is 6.81. The van der Waals surface area contributed by atoms with Gasteiger partial charge in [-0.05, 0) is 30.6 Å². The number of carbonyl (C=O) groups excluding carboxylic acids is 1. The van der Waals surface area contributed by atoms with E-state index in [4.69, 9.17) is 12.2 Å². The minimum Gasteiger partial charge on any atom is -0.355 e. The van der Waals surface area contributed by atoms with Crippen molar-refractivity contribution in [1.82, 2.24) is 10.3 Å². The topological polar surface area (TPSA) is 44.9 Å². The lowest BCUT2D eigenvalue weighted by Gasteiger charge is -2.12. The Hall–Kier alpha value is -1.46. The summed E-state index contributed by atoms with van der Waals surface area (Å²) in [6.45, 7) is 4.71. The van der Waals surface area contributed by atoms with E-state index in [9.17, 15) is 4.79 Å². The first kappa shape index (κ1) is 14.9. The predicted octanol–water partition coefficient (Wildman–Crippen LogP) is 3.58. The highest BCUT2D eigenvalue weighted by Gasteiger charge is 2.10. The summed E-state index contributed by atoms with van der Waals surface area (Å²) in [4.78, 5) is 16.0. The molecular formula is C15H18N2OS2. The van der Waals surface area contributed by atoms with Gasteiger partial charge in [0.2, 0.25) is 5.91 Å². The fourth-order valence-corrected chi connectivity index (χ4v) is 3.27. The normalized spacial score (nSPS) is 12.1. The third-order valence-electron chi connectivity index (χ3n) is 3.22. The summed E-state index contributed by atoms with van der Waals surface area (Å²) in [5.74, 6) is 0.354. The van der Waals surface area contributed by atoms with E-state index >= 15 is 0 Å². The summed E-state index contributed by atoms with van der Waals surface area (Å²) in [7, 11) is 0. The number of hydrogen-bond donors (Lipinski definition) is 2. The SMILES string of the molecule is Cc1[nH]c(=S)sc1CC(=O)NCC(C)c1ccccc1. The number of nitrogens with one attached hydrogen (secondary N) is 2. The van der Waals surface area contributed by atoms with E-state index in [1.807, 2.05) is 25.1 Å². The second-order valence-electron chi connectivity index (χ2n) is 4.86. The molecule has 1 unspecified atom stereocenters. The molecule has 0 aliphatic carbocycles. The zero-order valence-corrected chi connectivity index (χ0v) is 13.2. The van der Waals surface area contributed by atoms with Crippen LogP contribution in [-0.2, 0) is 11.2 Å². The molecule has 3 nitrogen and oxygen atoms in total. The third-order valence-corrected chi connectivity index (χ3v) is 4.56. The number of carbonyl (C=O) groups is 1. The van der Waals surface area contributed by atoms with Crippen molar-refractivity contribution in [3.8, 4) is 0 Å². The monoisotopic (exact) mass is 306 g/mol. The van der Waals surface area contributed by atoms with E-state index in [-0.39, 0.29) is 5.91 Å². The van der Waals surface area contributed by atoms with E-state index in [2.05, 4.69) is 29.4 Å². The van der Waals surface area contributed by atoms with Gasteiger partial charge < -0.3 is 10.3 Å². The highest BCUT2D eigenvalue weighted by molar-refractivity contribution is 7.73. The molecule has 1 aromatic heterocycles. The largest absolute Gasteiger partial charge is 0.355 e. The number of hydrogen-bond acceptors (Lipinski definition) is 3. The molecule has 0 radical (unpaired) electrons. The Bertz CT molecular complexity index is 631. The third kappa shape index (κ3) is 4.02. The van der Waals surface area contributed by atoms with Crippen molar-refractivity contribution < 1.29 is 4.79 Å². The quantitative estimate of drug-likeness (QED) is 0.829. The maximum atomic E-state index is 12.0. The first-order valence-electron chi connectivity index (χ1n) is 6.56. The summed E-state index contributed by atoms with van der Waals surface area (Å²) in [5, 5.41) is 2.99. The molecule has 0 spiro atoms. The van der Waals surface area contributed by atoms with E-state index in [1.54, 1.807) is 0 Å². The highest BCUT2D eigenvalue weighted by atomic mass is 32.1. The molecule has 1 aromatic carbocycles. The van der Waals surface area contributed by atoms with Gasteiger partial charge in [0.25, 0.3) is 0 Å². The molecule has 0 aliphatic heterocycles. The Morgan fingerprint density at radius 1 is 1.40 bits per heavy atom. The molecule has 106 valence electrons. The molecule has 2 aromatic rings. The highest BCUT2D eigenvalue weighted by Crippen LogP contribution is 2.16. The van der Waals surface area contributed by atoms with Crippen LogP contribution in [0.15, 0.2) is 30.3 Å². The van der Waals surface area contributed by atoms with Crippen molar-refractivity contribution in [2.45, 2.75) is 26.2 Å². The van der Waals surface area contributed by atoms with Crippen LogP contribution in [0, 0.1) is 10.9 Å². The van der Waals surface area contributed by atoms with Crippen LogP contribution in [0.1, 0.15) is 29.0 Å². The van der Waals surface area contributed by atoms with Gasteiger partial charge in [-0.2, -0.15) is 0 Å². The molecule has 0 saturated heterocycles. The minimum atomic E-state index is 0.0427. The molecule has 0 bridgehead atoms. The van der Waals surface area contributed by atoms with Gasteiger partial charge in [-0.15, -0.1) is 11.3 Å². The maximum Gasteiger partial charge on any atom is 0.225 e.